The number of nitrogens with zero attached hydrogens (tertiary/aromatic N) is 5. The Labute approximate surface area is 203 Å². The molecule has 3 heterocycles. The highest BCUT2D eigenvalue weighted by Gasteiger charge is 2.27. The van der Waals surface area contributed by atoms with E-state index in [4.69, 9.17) is 16.5 Å². The van der Waals surface area contributed by atoms with E-state index in [1.165, 1.54) is 25.6 Å². The summed E-state index contributed by atoms with van der Waals surface area (Å²) in [6.45, 7) is 7.75. The summed E-state index contributed by atoms with van der Waals surface area (Å²) >= 11 is 3.47. The molecule has 2 aliphatic heterocycles. The van der Waals surface area contributed by atoms with Crippen LogP contribution in [0, 0.1) is 12.7 Å². The zero-order valence-electron chi connectivity index (χ0n) is 19.4. The van der Waals surface area contributed by atoms with Gasteiger partial charge in [0.25, 0.3) is 0 Å². The minimum Gasteiger partial charge on any atom is -0.384 e. The van der Waals surface area contributed by atoms with Gasteiger partial charge in [0.05, 0.1) is 10.2 Å². The SMILES string of the molecule is CN=C(N)C(Br)=C(N)N1CCC(c2nc(-c3ccc(F)c(C)c3)cn2CCN2CCC2)CC1. The Hall–Kier alpha value is -2.39. The van der Waals surface area contributed by atoms with Gasteiger partial charge >= 0.3 is 0 Å². The molecule has 1 aromatic carbocycles. The summed E-state index contributed by atoms with van der Waals surface area (Å²) in [6, 6.07) is 5.23. The molecule has 0 radical (unpaired) electrons. The number of hydrogen-bond donors (Lipinski definition) is 2. The largest absolute Gasteiger partial charge is 0.384 e. The zero-order valence-corrected chi connectivity index (χ0v) is 21.0. The van der Waals surface area contributed by atoms with Crippen LogP contribution in [0.3, 0.4) is 0 Å². The van der Waals surface area contributed by atoms with Crippen LogP contribution in [0.15, 0.2) is 39.7 Å². The molecule has 0 atom stereocenters. The maximum absolute atomic E-state index is 13.8. The van der Waals surface area contributed by atoms with E-state index in [2.05, 4.69) is 41.5 Å². The lowest BCUT2D eigenvalue weighted by Crippen LogP contribution is -2.40. The van der Waals surface area contributed by atoms with Crippen LogP contribution in [-0.2, 0) is 6.54 Å². The van der Waals surface area contributed by atoms with E-state index < -0.39 is 0 Å². The van der Waals surface area contributed by atoms with Gasteiger partial charge in [-0.25, -0.2) is 9.37 Å². The van der Waals surface area contributed by atoms with E-state index in [0.717, 1.165) is 56.1 Å². The van der Waals surface area contributed by atoms with Crippen molar-refractivity contribution in [1.29, 1.82) is 0 Å². The third kappa shape index (κ3) is 5.24. The molecule has 2 aromatic rings. The summed E-state index contributed by atoms with van der Waals surface area (Å²) in [5, 5.41) is 0. The van der Waals surface area contributed by atoms with Gasteiger partial charge in [-0.1, -0.05) is 0 Å². The number of amidine groups is 1. The first-order valence-electron chi connectivity index (χ1n) is 11.6. The number of rotatable bonds is 7. The van der Waals surface area contributed by atoms with E-state index in [-0.39, 0.29) is 5.82 Å². The predicted molar refractivity (Wildman–Crippen MR) is 135 cm³/mol. The number of aromatic nitrogens is 2. The number of benzene rings is 1. The van der Waals surface area contributed by atoms with Crippen LogP contribution in [0.25, 0.3) is 11.3 Å². The second kappa shape index (κ2) is 10.3. The number of piperidine rings is 1. The molecule has 0 saturated carbocycles. The first kappa shape index (κ1) is 23.8. The highest BCUT2D eigenvalue weighted by Crippen LogP contribution is 2.32. The van der Waals surface area contributed by atoms with E-state index >= 15 is 0 Å². The fourth-order valence-corrected chi connectivity index (χ4v) is 4.91. The van der Waals surface area contributed by atoms with Crippen molar-refractivity contribution in [2.75, 3.05) is 39.8 Å². The van der Waals surface area contributed by atoms with E-state index in [1.54, 1.807) is 14.0 Å². The molecule has 2 aliphatic rings. The molecular weight excluding hydrogens is 485 g/mol. The van der Waals surface area contributed by atoms with Crippen LogP contribution < -0.4 is 11.5 Å². The van der Waals surface area contributed by atoms with Crippen molar-refractivity contribution < 1.29 is 4.39 Å². The monoisotopic (exact) mass is 517 g/mol. The maximum atomic E-state index is 13.8. The van der Waals surface area contributed by atoms with Gasteiger partial charge in [-0.15, -0.1) is 0 Å². The second-order valence-corrected chi connectivity index (χ2v) is 9.70. The fraction of sp³-hybridized carbons (Fsp3) is 0.500. The maximum Gasteiger partial charge on any atom is 0.136 e. The smallest absolute Gasteiger partial charge is 0.136 e. The second-order valence-electron chi connectivity index (χ2n) is 8.91. The number of aliphatic imine (C=N–C) groups is 1. The summed E-state index contributed by atoms with van der Waals surface area (Å²) in [5.74, 6) is 2.30. The topological polar surface area (TPSA) is 88.7 Å². The van der Waals surface area contributed by atoms with Gasteiger partial charge < -0.3 is 25.8 Å². The molecule has 0 spiro atoms. The minimum absolute atomic E-state index is 0.186. The Kier molecular flexibility index (Phi) is 7.38. The molecule has 2 fully saturated rings. The molecular formula is C24H33BrFN7. The fourth-order valence-electron chi connectivity index (χ4n) is 4.48. The summed E-state index contributed by atoms with van der Waals surface area (Å²) in [4.78, 5) is 13.7. The highest BCUT2D eigenvalue weighted by atomic mass is 79.9. The molecule has 0 aliphatic carbocycles. The van der Waals surface area contributed by atoms with Gasteiger partial charge in [0.1, 0.15) is 23.3 Å². The van der Waals surface area contributed by atoms with Crippen LogP contribution in [-0.4, -0.2) is 65.0 Å². The van der Waals surface area contributed by atoms with E-state index in [9.17, 15) is 4.39 Å². The van der Waals surface area contributed by atoms with Crippen molar-refractivity contribution in [3.63, 3.8) is 0 Å². The van der Waals surface area contributed by atoms with Gasteiger partial charge in [0.15, 0.2) is 0 Å². The Morgan fingerprint density at radius 2 is 1.91 bits per heavy atom. The van der Waals surface area contributed by atoms with Crippen molar-refractivity contribution in [3.05, 3.63) is 51.9 Å². The molecule has 7 nitrogen and oxygen atoms in total. The normalized spacial score (nSPS) is 18.9. The number of hydrogen-bond acceptors (Lipinski definition) is 5. The molecule has 9 heteroatoms. The quantitative estimate of drug-likeness (QED) is 0.434. The summed E-state index contributed by atoms with van der Waals surface area (Å²) in [7, 11) is 1.65. The molecule has 4 N–H and O–H groups in total. The van der Waals surface area contributed by atoms with E-state index in [1.807, 2.05) is 12.1 Å². The molecule has 2 saturated heterocycles. The van der Waals surface area contributed by atoms with Crippen molar-refractivity contribution in [2.24, 2.45) is 16.5 Å². The molecule has 4 rings (SSSR count). The van der Waals surface area contributed by atoms with Crippen LogP contribution in [0.2, 0.25) is 0 Å². The van der Waals surface area contributed by atoms with Crippen molar-refractivity contribution in [3.8, 4) is 11.3 Å². The average molecular weight is 518 g/mol. The molecule has 0 unspecified atom stereocenters. The standard InChI is InChI=1S/C24H33BrFN7/c1-16-14-18(4-5-19(16)26)20-15-33(13-12-31-8-3-9-31)24(30-20)17-6-10-32(11-7-17)23(28)21(25)22(27)29-2/h4-5,14-15,17H,3,6-13,28H2,1-2H3,(H2,27,29). The average Bonchev–Trinajstić information content (AvgIpc) is 3.22. The lowest BCUT2D eigenvalue weighted by Gasteiger charge is -2.34. The van der Waals surface area contributed by atoms with Crippen molar-refractivity contribution in [1.82, 2.24) is 19.4 Å². The van der Waals surface area contributed by atoms with Crippen LogP contribution in [0.4, 0.5) is 4.39 Å². The molecule has 178 valence electrons. The Morgan fingerprint density at radius 1 is 1.18 bits per heavy atom. The summed E-state index contributed by atoms with van der Waals surface area (Å²) in [5.41, 5.74) is 14.8. The first-order valence-corrected chi connectivity index (χ1v) is 12.4. The molecule has 0 amide bonds. The van der Waals surface area contributed by atoms with E-state index in [0.29, 0.717) is 27.6 Å². The number of halogens is 2. The Morgan fingerprint density at radius 3 is 2.52 bits per heavy atom. The van der Waals surface area contributed by atoms with Crippen molar-refractivity contribution >= 4 is 21.8 Å². The minimum atomic E-state index is -0.186. The van der Waals surface area contributed by atoms with Crippen LogP contribution in [0.1, 0.15) is 36.6 Å². The third-order valence-electron chi connectivity index (χ3n) is 6.76. The van der Waals surface area contributed by atoms with Crippen molar-refractivity contribution in [2.45, 2.75) is 38.6 Å². The molecule has 1 aromatic heterocycles. The number of likely N-dealkylation sites (tertiary alicyclic amines) is 2. The lowest BCUT2D eigenvalue weighted by molar-refractivity contribution is 0.173. The number of nitrogens with two attached hydrogens (primary N) is 2. The highest BCUT2D eigenvalue weighted by molar-refractivity contribution is 9.12. The molecule has 0 bridgehead atoms. The van der Waals surface area contributed by atoms with Gasteiger partial charge in [0, 0.05) is 50.9 Å². The summed E-state index contributed by atoms with van der Waals surface area (Å²) < 4.78 is 16.8. The van der Waals surface area contributed by atoms with Crippen LogP contribution >= 0.6 is 15.9 Å². The number of aryl methyl sites for hydroxylation is 1. The zero-order chi connectivity index (χ0) is 23.5. The Balaban J connectivity index is 1.54. The van der Waals surface area contributed by atoms with Crippen LogP contribution in [0.5, 0.6) is 0 Å². The third-order valence-corrected chi connectivity index (χ3v) is 7.57. The first-order chi connectivity index (χ1) is 15.9. The van der Waals surface area contributed by atoms with Gasteiger partial charge in [0.2, 0.25) is 0 Å². The van der Waals surface area contributed by atoms with Gasteiger partial charge in [-0.3, -0.25) is 4.99 Å². The van der Waals surface area contributed by atoms with Gasteiger partial charge in [-0.2, -0.15) is 0 Å². The lowest BCUT2D eigenvalue weighted by atomic mass is 9.96. The predicted octanol–water partition coefficient (Wildman–Crippen LogP) is 3.39. The molecule has 33 heavy (non-hydrogen) atoms. The Bertz CT molecular complexity index is 1050. The number of imidazole rings is 1. The summed E-state index contributed by atoms with van der Waals surface area (Å²) in [6.07, 6.45) is 5.32. The van der Waals surface area contributed by atoms with Gasteiger partial charge in [-0.05, 0) is 79.0 Å².